The Morgan fingerprint density at radius 3 is 2.34 bits per heavy atom. The van der Waals surface area contributed by atoms with Crippen molar-refractivity contribution in [2.75, 3.05) is 12.8 Å². The number of carbonyl (C=O) groups is 5. The summed E-state index contributed by atoms with van der Waals surface area (Å²) in [5, 5.41) is 22.5. The van der Waals surface area contributed by atoms with Gasteiger partial charge in [0, 0.05) is 29.8 Å². The van der Waals surface area contributed by atoms with Gasteiger partial charge >= 0.3 is 18.0 Å². The van der Waals surface area contributed by atoms with E-state index in [4.69, 9.17) is 14.9 Å². The number of hydrogen-bond acceptors (Lipinski definition) is 8. The minimum absolute atomic E-state index is 0.0943. The maximum absolute atomic E-state index is 12.1. The lowest BCUT2D eigenvalue weighted by molar-refractivity contribution is -0.154. The Kier molecular flexibility index (Phi) is 12.3. The maximum Gasteiger partial charge on any atom is 0.410 e. The number of carbonyl (C=O) groups excluding carboxylic acids is 3. The van der Waals surface area contributed by atoms with Crippen LogP contribution in [0, 0.1) is 0 Å². The number of hydrogen-bond donors (Lipinski definition) is 4. The SMILES string of the molecule is CSc1ccc(C(=O)NCCCC[C@@H](OC=O)OC(=O)N[C@@H](CCC(=O)O)C(=O)O)cc1. The summed E-state index contributed by atoms with van der Waals surface area (Å²) in [4.78, 5) is 57.3. The fourth-order valence-corrected chi connectivity index (χ4v) is 2.93. The lowest BCUT2D eigenvalue weighted by Gasteiger charge is -2.18. The number of carboxylic acid groups (broad SMARTS) is 2. The van der Waals surface area contributed by atoms with E-state index >= 15 is 0 Å². The van der Waals surface area contributed by atoms with Crippen molar-refractivity contribution in [1.82, 2.24) is 10.6 Å². The molecule has 2 atom stereocenters. The Morgan fingerprint density at radius 1 is 1.09 bits per heavy atom. The highest BCUT2D eigenvalue weighted by atomic mass is 32.2. The van der Waals surface area contributed by atoms with Gasteiger partial charge in [0.2, 0.25) is 6.29 Å². The molecule has 4 N–H and O–H groups in total. The van der Waals surface area contributed by atoms with Gasteiger partial charge in [-0.15, -0.1) is 11.8 Å². The molecule has 0 radical (unpaired) electrons. The molecule has 0 spiro atoms. The van der Waals surface area contributed by atoms with E-state index in [2.05, 4.69) is 10.1 Å². The Bertz CT molecular complexity index is 786. The molecule has 0 aliphatic rings. The third-order valence-electron chi connectivity index (χ3n) is 4.19. The smallest absolute Gasteiger partial charge is 0.410 e. The van der Waals surface area contributed by atoms with E-state index in [1.54, 1.807) is 23.9 Å². The Labute approximate surface area is 188 Å². The van der Waals surface area contributed by atoms with Crippen LogP contribution in [0.4, 0.5) is 4.79 Å². The van der Waals surface area contributed by atoms with Crippen molar-refractivity contribution in [3.05, 3.63) is 29.8 Å². The second kappa shape index (κ2) is 14.7. The lowest BCUT2D eigenvalue weighted by Crippen LogP contribution is -2.42. The summed E-state index contributed by atoms with van der Waals surface area (Å²) in [5.41, 5.74) is 0.529. The molecule has 2 amide bonds. The molecule has 0 saturated heterocycles. The van der Waals surface area contributed by atoms with Crippen LogP contribution in [-0.2, 0) is 23.9 Å². The summed E-state index contributed by atoms with van der Waals surface area (Å²) in [5.74, 6) is -2.86. The number of unbranched alkanes of at least 4 members (excludes halogenated alkanes) is 1. The predicted molar refractivity (Wildman–Crippen MR) is 113 cm³/mol. The first kappa shape index (κ1) is 26.8. The van der Waals surface area contributed by atoms with E-state index in [1.807, 2.05) is 23.7 Å². The molecule has 0 unspecified atom stereocenters. The quantitative estimate of drug-likeness (QED) is 0.128. The van der Waals surface area contributed by atoms with Crippen molar-refractivity contribution in [2.45, 2.75) is 49.3 Å². The van der Waals surface area contributed by atoms with Gasteiger partial charge in [-0.1, -0.05) is 0 Å². The Morgan fingerprint density at radius 2 is 1.78 bits per heavy atom. The number of amides is 2. The van der Waals surface area contributed by atoms with Gasteiger partial charge in [0.1, 0.15) is 6.04 Å². The zero-order valence-corrected chi connectivity index (χ0v) is 18.3. The molecule has 0 heterocycles. The van der Waals surface area contributed by atoms with E-state index in [9.17, 15) is 24.0 Å². The molecule has 12 heteroatoms. The van der Waals surface area contributed by atoms with Crippen LogP contribution >= 0.6 is 11.8 Å². The van der Waals surface area contributed by atoms with E-state index in [0.717, 1.165) is 4.90 Å². The molecule has 0 aliphatic carbocycles. The number of alkyl carbamates (subject to hydrolysis) is 1. The summed E-state index contributed by atoms with van der Waals surface area (Å²) in [6, 6.07) is 5.68. The number of rotatable bonds is 15. The monoisotopic (exact) mass is 470 g/mol. The van der Waals surface area contributed by atoms with Gasteiger partial charge < -0.3 is 30.3 Å². The summed E-state index contributed by atoms with van der Waals surface area (Å²) in [7, 11) is 0. The van der Waals surface area contributed by atoms with E-state index in [1.165, 1.54) is 0 Å². The molecule has 0 aromatic heterocycles. The van der Waals surface area contributed by atoms with Gasteiger partial charge in [-0.3, -0.25) is 14.4 Å². The van der Waals surface area contributed by atoms with Crippen LogP contribution < -0.4 is 10.6 Å². The van der Waals surface area contributed by atoms with Gasteiger partial charge in [-0.05, 0) is 49.8 Å². The number of benzene rings is 1. The van der Waals surface area contributed by atoms with Gasteiger partial charge in [0.05, 0.1) is 0 Å². The molecule has 0 saturated carbocycles. The van der Waals surface area contributed by atoms with Crippen LogP contribution in [0.2, 0.25) is 0 Å². The number of nitrogens with one attached hydrogen (secondary N) is 2. The molecule has 0 bridgehead atoms. The van der Waals surface area contributed by atoms with Crippen molar-refractivity contribution in [1.29, 1.82) is 0 Å². The average Bonchev–Trinajstić information content (AvgIpc) is 2.76. The lowest BCUT2D eigenvalue weighted by atomic mass is 10.1. The minimum Gasteiger partial charge on any atom is -0.481 e. The molecule has 0 fully saturated rings. The van der Waals surface area contributed by atoms with Crippen molar-refractivity contribution in [3.63, 3.8) is 0 Å². The fraction of sp³-hybridized carbons (Fsp3) is 0.450. The molecule has 1 aromatic carbocycles. The van der Waals surface area contributed by atoms with Crippen molar-refractivity contribution in [2.24, 2.45) is 0 Å². The largest absolute Gasteiger partial charge is 0.481 e. The third kappa shape index (κ3) is 10.7. The second-order valence-electron chi connectivity index (χ2n) is 6.51. The van der Waals surface area contributed by atoms with Crippen molar-refractivity contribution in [3.8, 4) is 0 Å². The van der Waals surface area contributed by atoms with Crippen molar-refractivity contribution >= 4 is 42.2 Å². The first-order valence-electron chi connectivity index (χ1n) is 9.70. The molecule has 0 aliphatic heterocycles. The zero-order valence-electron chi connectivity index (χ0n) is 17.4. The highest BCUT2D eigenvalue weighted by molar-refractivity contribution is 7.98. The van der Waals surface area contributed by atoms with Crippen LogP contribution in [0.15, 0.2) is 29.2 Å². The first-order valence-corrected chi connectivity index (χ1v) is 10.9. The first-order chi connectivity index (χ1) is 15.3. The van der Waals surface area contributed by atoms with Crippen LogP contribution in [0.5, 0.6) is 0 Å². The van der Waals surface area contributed by atoms with Crippen LogP contribution in [0.25, 0.3) is 0 Å². The summed E-state index contributed by atoms with van der Waals surface area (Å²) < 4.78 is 9.57. The van der Waals surface area contributed by atoms with Gasteiger partial charge in [-0.25, -0.2) is 9.59 Å². The number of ether oxygens (including phenoxy) is 2. The van der Waals surface area contributed by atoms with Crippen molar-refractivity contribution < 1.29 is 43.7 Å². The summed E-state index contributed by atoms with van der Waals surface area (Å²) in [6.45, 7) is 0.441. The van der Waals surface area contributed by atoms with Crippen LogP contribution in [0.1, 0.15) is 42.5 Å². The number of carboxylic acids is 2. The fourth-order valence-electron chi connectivity index (χ4n) is 2.52. The summed E-state index contributed by atoms with van der Waals surface area (Å²) >= 11 is 1.57. The number of thioether (sulfide) groups is 1. The van der Waals surface area contributed by atoms with Gasteiger partial charge in [0.25, 0.3) is 12.4 Å². The van der Waals surface area contributed by atoms with E-state index in [-0.39, 0.29) is 25.2 Å². The Hall–Kier alpha value is -3.28. The highest BCUT2D eigenvalue weighted by Crippen LogP contribution is 2.14. The molecule has 176 valence electrons. The Balaban J connectivity index is 2.39. The third-order valence-corrected chi connectivity index (χ3v) is 4.93. The summed E-state index contributed by atoms with van der Waals surface area (Å²) in [6.07, 6.45) is -0.205. The van der Waals surface area contributed by atoms with Crippen LogP contribution in [0.3, 0.4) is 0 Å². The molecule has 1 aromatic rings. The molecule has 11 nitrogen and oxygen atoms in total. The van der Waals surface area contributed by atoms with Crippen LogP contribution in [-0.4, -0.2) is 65.8 Å². The van der Waals surface area contributed by atoms with Gasteiger partial charge in [0.15, 0.2) is 0 Å². The van der Waals surface area contributed by atoms with E-state index in [0.29, 0.717) is 24.9 Å². The zero-order chi connectivity index (χ0) is 23.9. The predicted octanol–water partition coefficient (Wildman–Crippen LogP) is 1.85. The molecular formula is C20H26N2O9S. The minimum atomic E-state index is -1.46. The van der Waals surface area contributed by atoms with E-state index < -0.39 is 36.8 Å². The maximum atomic E-state index is 12.1. The molecule has 32 heavy (non-hydrogen) atoms. The van der Waals surface area contributed by atoms with Gasteiger partial charge in [-0.2, -0.15) is 0 Å². The topological polar surface area (TPSA) is 168 Å². The highest BCUT2D eigenvalue weighted by Gasteiger charge is 2.24. The second-order valence-corrected chi connectivity index (χ2v) is 7.39. The molecule has 1 rings (SSSR count). The standard InChI is InChI=1S/C20H26N2O9S/c1-32-14-7-5-13(6-8-14)18(26)21-11-3-2-4-17(30-12-23)31-20(29)22-15(19(27)28)9-10-16(24)25/h5-8,12,15,17H,2-4,9-11H2,1H3,(H,21,26)(H,22,29)(H,24,25)(H,27,28)/t15-,17-/m0/s1. The average molecular weight is 471 g/mol. The number of aliphatic carboxylic acids is 2. The normalized spacial score (nSPS) is 12.2. The molecular weight excluding hydrogens is 444 g/mol.